The minimum Gasteiger partial charge on any atom is -0.497 e. The van der Waals surface area contributed by atoms with E-state index < -0.39 is 0 Å². The van der Waals surface area contributed by atoms with Crippen LogP contribution in [0.15, 0.2) is 60.9 Å². The van der Waals surface area contributed by atoms with E-state index in [4.69, 9.17) is 16.3 Å². The van der Waals surface area contributed by atoms with Gasteiger partial charge in [-0.05, 0) is 42.0 Å². The molecule has 6 heteroatoms. The highest BCUT2D eigenvalue weighted by atomic mass is 35.5. The Bertz CT molecular complexity index is 882. The number of methoxy groups -OCH3 is 1. The summed E-state index contributed by atoms with van der Waals surface area (Å²) < 4.78 is 5.17. The third-order valence-corrected chi connectivity index (χ3v) is 3.92. The van der Waals surface area contributed by atoms with E-state index >= 15 is 0 Å². The number of aromatic nitrogens is 2. The van der Waals surface area contributed by atoms with E-state index in [9.17, 15) is 4.79 Å². The Morgan fingerprint density at radius 1 is 1.16 bits per heavy atom. The van der Waals surface area contributed by atoms with Gasteiger partial charge in [0.1, 0.15) is 11.4 Å². The lowest BCUT2D eigenvalue weighted by atomic mass is 10.1. The fourth-order valence-electron chi connectivity index (χ4n) is 2.32. The fraction of sp³-hybridized carbons (Fsp3) is 0.105. The van der Waals surface area contributed by atoms with Crippen molar-refractivity contribution < 1.29 is 9.53 Å². The first kappa shape index (κ1) is 16.9. The van der Waals surface area contributed by atoms with Crippen molar-refractivity contribution in [2.45, 2.75) is 6.54 Å². The maximum Gasteiger partial charge on any atom is 0.270 e. The van der Waals surface area contributed by atoms with E-state index in [0.29, 0.717) is 23.0 Å². The highest BCUT2D eigenvalue weighted by Crippen LogP contribution is 2.24. The summed E-state index contributed by atoms with van der Waals surface area (Å²) in [5.41, 5.74) is 2.68. The molecule has 2 heterocycles. The highest BCUT2D eigenvalue weighted by Gasteiger charge is 2.09. The van der Waals surface area contributed by atoms with Gasteiger partial charge in [-0.15, -0.1) is 0 Å². The van der Waals surface area contributed by atoms with Crippen LogP contribution >= 0.6 is 11.6 Å². The second-order valence-corrected chi connectivity index (χ2v) is 5.71. The zero-order chi connectivity index (χ0) is 17.6. The smallest absolute Gasteiger partial charge is 0.270 e. The quantitative estimate of drug-likeness (QED) is 0.759. The third kappa shape index (κ3) is 4.14. The van der Waals surface area contributed by atoms with Crippen molar-refractivity contribution in [3.8, 4) is 17.0 Å². The monoisotopic (exact) mass is 353 g/mol. The largest absolute Gasteiger partial charge is 0.497 e. The first-order chi connectivity index (χ1) is 12.2. The van der Waals surface area contributed by atoms with Gasteiger partial charge in [0.2, 0.25) is 0 Å². The minimum atomic E-state index is -0.249. The summed E-state index contributed by atoms with van der Waals surface area (Å²) in [7, 11) is 1.61. The molecule has 0 radical (unpaired) electrons. The molecule has 3 rings (SSSR count). The number of nitrogens with zero attached hydrogens (tertiary/aromatic N) is 2. The molecule has 3 aromatic rings. The standard InChI is InChI=1S/C19H16ClN3O2/c1-25-15-5-2-4-13(10-15)11-23-19(24)17-8-7-14(12-22-17)18-16(20)6-3-9-21-18/h2-10,12H,11H2,1H3,(H,23,24). The SMILES string of the molecule is COc1cccc(CNC(=O)c2ccc(-c3ncccc3Cl)cn2)c1. The summed E-state index contributed by atoms with van der Waals surface area (Å²) in [6.45, 7) is 0.394. The Kier molecular flexibility index (Phi) is 5.26. The van der Waals surface area contributed by atoms with Crippen LogP contribution in [0.5, 0.6) is 5.75 Å². The second kappa shape index (κ2) is 7.77. The fourth-order valence-corrected chi connectivity index (χ4v) is 2.55. The number of ether oxygens (including phenoxy) is 1. The molecule has 2 aromatic heterocycles. The predicted octanol–water partition coefficient (Wildman–Crippen LogP) is 3.74. The van der Waals surface area contributed by atoms with Crippen molar-refractivity contribution in [2.75, 3.05) is 7.11 Å². The van der Waals surface area contributed by atoms with E-state index in [0.717, 1.165) is 16.9 Å². The van der Waals surface area contributed by atoms with Crippen molar-refractivity contribution in [3.63, 3.8) is 0 Å². The number of pyridine rings is 2. The molecule has 1 aromatic carbocycles. The van der Waals surface area contributed by atoms with Crippen LogP contribution in [0, 0.1) is 0 Å². The summed E-state index contributed by atoms with van der Waals surface area (Å²) in [6, 6.07) is 14.5. The van der Waals surface area contributed by atoms with Gasteiger partial charge in [-0.3, -0.25) is 14.8 Å². The highest BCUT2D eigenvalue weighted by molar-refractivity contribution is 6.33. The lowest BCUT2D eigenvalue weighted by Crippen LogP contribution is -2.23. The lowest BCUT2D eigenvalue weighted by Gasteiger charge is -2.07. The van der Waals surface area contributed by atoms with Gasteiger partial charge in [0.25, 0.3) is 5.91 Å². The molecule has 0 saturated carbocycles. The van der Waals surface area contributed by atoms with Gasteiger partial charge >= 0.3 is 0 Å². The first-order valence-corrected chi connectivity index (χ1v) is 8.03. The van der Waals surface area contributed by atoms with Crippen molar-refractivity contribution in [1.29, 1.82) is 0 Å². The molecule has 0 aliphatic carbocycles. The van der Waals surface area contributed by atoms with Crippen molar-refractivity contribution >= 4 is 17.5 Å². The summed E-state index contributed by atoms with van der Waals surface area (Å²) in [5, 5.41) is 3.38. The lowest BCUT2D eigenvalue weighted by molar-refractivity contribution is 0.0946. The zero-order valence-corrected chi connectivity index (χ0v) is 14.3. The van der Waals surface area contributed by atoms with E-state index in [1.165, 1.54) is 0 Å². The molecule has 126 valence electrons. The Balaban J connectivity index is 1.67. The number of carbonyl (C=O) groups is 1. The van der Waals surface area contributed by atoms with Gasteiger partial charge in [-0.2, -0.15) is 0 Å². The minimum absolute atomic E-state index is 0.249. The van der Waals surface area contributed by atoms with E-state index in [1.54, 1.807) is 43.8 Å². The number of rotatable bonds is 5. The second-order valence-electron chi connectivity index (χ2n) is 5.30. The molecule has 0 atom stereocenters. The Morgan fingerprint density at radius 2 is 2.04 bits per heavy atom. The molecule has 0 aliphatic rings. The molecule has 0 unspecified atom stereocenters. The van der Waals surface area contributed by atoms with Crippen LogP contribution in [-0.2, 0) is 6.54 Å². The molecule has 0 aliphatic heterocycles. The van der Waals surface area contributed by atoms with Crippen LogP contribution in [0.4, 0.5) is 0 Å². The summed E-state index contributed by atoms with van der Waals surface area (Å²) >= 11 is 6.12. The van der Waals surface area contributed by atoms with Gasteiger partial charge < -0.3 is 10.1 Å². The van der Waals surface area contributed by atoms with Crippen LogP contribution in [0.1, 0.15) is 16.1 Å². The zero-order valence-electron chi connectivity index (χ0n) is 13.6. The van der Waals surface area contributed by atoms with Gasteiger partial charge in [-0.25, -0.2) is 0 Å². The molecule has 5 nitrogen and oxygen atoms in total. The van der Waals surface area contributed by atoms with Gasteiger partial charge in [0.15, 0.2) is 0 Å². The number of benzene rings is 1. The van der Waals surface area contributed by atoms with Crippen LogP contribution in [0.2, 0.25) is 5.02 Å². The molecule has 1 amide bonds. The van der Waals surface area contributed by atoms with E-state index in [2.05, 4.69) is 15.3 Å². The molecule has 25 heavy (non-hydrogen) atoms. The van der Waals surface area contributed by atoms with Crippen molar-refractivity contribution in [2.24, 2.45) is 0 Å². The van der Waals surface area contributed by atoms with Crippen molar-refractivity contribution in [1.82, 2.24) is 15.3 Å². The summed E-state index contributed by atoms with van der Waals surface area (Å²) in [5.74, 6) is 0.503. The van der Waals surface area contributed by atoms with Crippen molar-refractivity contribution in [3.05, 3.63) is 77.2 Å². The number of amides is 1. The van der Waals surface area contributed by atoms with Gasteiger partial charge in [0.05, 0.1) is 17.8 Å². The third-order valence-electron chi connectivity index (χ3n) is 3.62. The van der Waals surface area contributed by atoms with Crippen LogP contribution in [0.25, 0.3) is 11.3 Å². The average Bonchev–Trinajstić information content (AvgIpc) is 2.67. The number of hydrogen-bond donors (Lipinski definition) is 1. The Morgan fingerprint density at radius 3 is 2.76 bits per heavy atom. The molecule has 0 bridgehead atoms. The van der Waals surface area contributed by atoms with Gasteiger partial charge in [0, 0.05) is 24.5 Å². The average molecular weight is 354 g/mol. The molecular weight excluding hydrogens is 338 g/mol. The summed E-state index contributed by atoms with van der Waals surface area (Å²) in [4.78, 5) is 20.7. The van der Waals surface area contributed by atoms with Crippen LogP contribution < -0.4 is 10.1 Å². The molecule has 0 spiro atoms. The molecule has 0 saturated heterocycles. The number of nitrogens with one attached hydrogen (secondary N) is 1. The number of hydrogen-bond acceptors (Lipinski definition) is 4. The first-order valence-electron chi connectivity index (χ1n) is 7.65. The van der Waals surface area contributed by atoms with Crippen LogP contribution in [0.3, 0.4) is 0 Å². The number of carbonyl (C=O) groups excluding carboxylic acids is 1. The molecule has 0 fully saturated rings. The maximum atomic E-state index is 12.2. The van der Waals surface area contributed by atoms with Crippen LogP contribution in [-0.4, -0.2) is 23.0 Å². The molecule has 1 N–H and O–H groups in total. The topological polar surface area (TPSA) is 64.1 Å². The van der Waals surface area contributed by atoms with E-state index in [1.807, 2.05) is 24.3 Å². The summed E-state index contributed by atoms with van der Waals surface area (Å²) in [6.07, 6.45) is 3.25. The van der Waals surface area contributed by atoms with Gasteiger partial charge in [-0.1, -0.05) is 23.7 Å². The predicted molar refractivity (Wildman–Crippen MR) is 96.6 cm³/mol. The Labute approximate surface area is 150 Å². The molecular formula is C19H16ClN3O2. The maximum absolute atomic E-state index is 12.2. The Hall–Kier alpha value is -2.92. The van der Waals surface area contributed by atoms with E-state index in [-0.39, 0.29) is 5.91 Å². The normalized spacial score (nSPS) is 10.3. The number of halogens is 1.